The lowest BCUT2D eigenvalue weighted by Crippen LogP contribution is -2.14. The third-order valence-corrected chi connectivity index (χ3v) is 3.50. The first-order chi connectivity index (χ1) is 9.15. The molecule has 0 saturated carbocycles. The Hall–Kier alpha value is -2.13. The van der Waals surface area contributed by atoms with Crippen LogP contribution in [0, 0.1) is 6.92 Å². The van der Waals surface area contributed by atoms with Crippen molar-refractivity contribution in [3.05, 3.63) is 64.7 Å². The Morgan fingerprint density at radius 2 is 1.95 bits per heavy atom. The van der Waals surface area contributed by atoms with Gasteiger partial charge in [-0.25, -0.2) is 0 Å². The topological polar surface area (TPSA) is 55.1 Å². The predicted molar refractivity (Wildman–Crippen MR) is 76.0 cm³/mol. The Balaban J connectivity index is 2.09. The predicted octanol–water partition coefficient (Wildman–Crippen LogP) is 2.54. The third-order valence-electron chi connectivity index (χ3n) is 3.50. The number of carbonyl (C=O) groups excluding carboxylic acids is 1. The zero-order valence-corrected chi connectivity index (χ0v) is 10.8. The van der Waals surface area contributed by atoms with Gasteiger partial charge in [-0.1, -0.05) is 48.0 Å². The molecule has 3 nitrogen and oxygen atoms in total. The van der Waals surface area contributed by atoms with Crippen LogP contribution in [0.4, 0.5) is 5.69 Å². The minimum absolute atomic E-state index is 0.0436. The lowest BCUT2D eigenvalue weighted by molar-refractivity contribution is -0.115. The van der Waals surface area contributed by atoms with E-state index in [0.717, 1.165) is 27.9 Å². The highest BCUT2D eigenvalue weighted by Gasteiger charge is 2.24. The Morgan fingerprint density at radius 1 is 1.21 bits per heavy atom. The van der Waals surface area contributed by atoms with Gasteiger partial charge in [0.25, 0.3) is 0 Å². The number of amides is 1. The van der Waals surface area contributed by atoms with Crippen molar-refractivity contribution in [2.24, 2.45) is 5.73 Å². The van der Waals surface area contributed by atoms with Crippen molar-refractivity contribution in [2.75, 3.05) is 5.32 Å². The summed E-state index contributed by atoms with van der Waals surface area (Å²) in [4.78, 5) is 11.6. The zero-order chi connectivity index (χ0) is 13.4. The van der Waals surface area contributed by atoms with Crippen molar-refractivity contribution < 1.29 is 4.79 Å². The molecule has 1 aliphatic rings. The molecule has 3 N–H and O–H groups in total. The molecule has 2 aromatic rings. The first-order valence-electron chi connectivity index (χ1n) is 6.39. The molecule has 1 aliphatic heterocycles. The molecule has 1 unspecified atom stereocenters. The smallest absolute Gasteiger partial charge is 0.228 e. The van der Waals surface area contributed by atoms with Gasteiger partial charge in [-0.3, -0.25) is 4.79 Å². The number of hydrogen-bond donors (Lipinski definition) is 2. The molecule has 0 radical (unpaired) electrons. The molecule has 0 aromatic heterocycles. The summed E-state index contributed by atoms with van der Waals surface area (Å²) in [6.45, 7) is 2.03. The number of carbonyl (C=O) groups is 1. The second-order valence-electron chi connectivity index (χ2n) is 5.00. The highest BCUT2D eigenvalue weighted by molar-refractivity contribution is 6.00. The monoisotopic (exact) mass is 252 g/mol. The Labute approximate surface area is 112 Å². The van der Waals surface area contributed by atoms with Gasteiger partial charge in [-0.2, -0.15) is 0 Å². The molecule has 0 spiro atoms. The second-order valence-corrected chi connectivity index (χ2v) is 5.00. The number of anilines is 1. The van der Waals surface area contributed by atoms with Crippen molar-refractivity contribution in [3.8, 4) is 0 Å². The van der Waals surface area contributed by atoms with Crippen molar-refractivity contribution >= 4 is 11.6 Å². The highest BCUT2D eigenvalue weighted by Crippen LogP contribution is 2.34. The highest BCUT2D eigenvalue weighted by atomic mass is 16.1. The summed E-state index contributed by atoms with van der Waals surface area (Å²) in [6, 6.07) is 13.8. The summed E-state index contributed by atoms with van der Waals surface area (Å²) < 4.78 is 0. The van der Waals surface area contributed by atoms with Gasteiger partial charge in [-0.15, -0.1) is 0 Å². The molecule has 1 heterocycles. The number of benzene rings is 2. The van der Waals surface area contributed by atoms with E-state index in [1.165, 1.54) is 0 Å². The van der Waals surface area contributed by atoms with Crippen molar-refractivity contribution in [3.63, 3.8) is 0 Å². The lowest BCUT2D eigenvalue weighted by Gasteiger charge is -2.17. The van der Waals surface area contributed by atoms with E-state index < -0.39 is 0 Å². The molecule has 3 heteroatoms. The molecular weight excluding hydrogens is 236 g/mol. The Morgan fingerprint density at radius 3 is 2.68 bits per heavy atom. The molecule has 1 amide bonds. The van der Waals surface area contributed by atoms with Gasteiger partial charge in [0.2, 0.25) is 5.91 Å². The van der Waals surface area contributed by atoms with Crippen molar-refractivity contribution in [1.29, 1.82) is 0 Å². The summed E-state index contributed by atoms with van der Waals surface area (Å²) in [5.74, 6) is 0.0436. The normalized spacial score (nSPS) is 14.9. The Bertz CT molecular complexity index is 635. The van der Waals surface area contributed by atoms with E-state index >= 15 is 0 Å². The minimum Gasteiger partial charge on any atom is -0.325 e. The van der Waals surface area contributed by atoms with Crippen LogP contribution < -0.4 is 11.1 Å². The molecule has 19 heavy (non-hydrogen) atoms. The molecule has 96 valence electrons. The maximum Gasteiger partial charge on any atom is 0.228 e. The maximum absolute atomic E-state index is 11.6. The quantitative estimate of drug-likeness (QED) is 0.863. The van der Waals surface area contributed by atoms with Crippen LogP contribution in [-0.4, -0.2) is 5.91 Å². The van der Waals surface area contributed by atoms with Crippen LogP contribution in [0.3, 0.4) is 0 Å². The van der Waals surface area contributed by atoms with Gasteiger partial charge < -0.3 is 11.1 Å². The zero-order valence-electron chi connectivity index (χ0n) is 10.8. The van der Waals surface area contributed by atoms with Crippen molar-refractivity contribution in [1.82, 2.24) is 0 Å². The molecule has 0 aliphatic carbocycles. The molecule has 1 atom stereocenters. The largest absolute Gasteiger partial charge is 0.325 e. The van der Waals surface area contributed by atoms with Gasteiger partial charge in [0.05, 0.1) is 12.5 Å². The van der Waals surface area contributed by atoms with E-state index in [1.807, 2.05) is 37.3 Å². The van der Waals surface area contributed by atoms with E-state index in [9.17, 15) is 4.79 Å². The minimum atomic E-state index is -0.215. The molecule has 3 rings (SSSR count). The fourth-order valence-electron chi connectivity index (χ4n) is 2.63. The average Bonchev–Trinajstić information content (AvgIpc) is 2.78. The van der Waals surface area contributed by atoms with Crippen molar-refractivity contribution in [2.45, 2.75) is 19.4 Å². The summed E-state index contributed by atoms with van der Waals surface area (Å²) >= 11 is 0. The SMILES string of the molecule is Cc1cc2c(c(C(N)c3ccccc3)c1)NC(=O)C2. The molecule has 0 bridgehead atoms. The van der Waals surface area contributed by atoms with Crippen LogP contribution in [0.15, 0.2) is 42.5 Å². The first kappa shape index (κ1) is 11.9. The number of fused-ring (bicyclic) bond motifs is 1. The summed E-state index contributed by atoms with van der Waals surface area (Å²) in [6.07, 6.45) is 0.450. The van der Waals surface area contributed by atoms with Crippen LogP contribution in [0.1, 0.15) is 28.3 Å². The van der Waals surface area contributed by atoms with Gasteiger partial charge in [0.15, 0.2) is 0 Å². The molecule has 2 aromatic carbocycles. The fourth-order valence-corrected chi connectivity index (χ4v) is 2.63. The van der Waals surface area contributed by atoms with Gasteiger partial charge in [-0.05, 0) is 23.6 Å². The second kappa shape index (κ2) is 4.52. The van der Waals surface area contributed by atoms with Crippen LogP contribution >= 0.6 is 0 Å². The van der Waals surface area contributed by atoms with Gasteiger partial charge in [0.1, 0.15) is 0 Å². The lowest BCUT2D eigenvalue weighted by atomic mass is 9.94. The van der Waals surface area contributed by atoms with Gasteiger partial charge in [0, 0.05) is 5.69 Å². The van der Waals surface area contributed by atoms with E-state index in [0.29, 0.717) is 6.42 Å². The van der Waals surface area contributed by atoms with E-state index in [1.54, 1.807) is 0 Å². The number of aryl methyl sites for hydroxylation is 1. The number of hydrogen-bond acceptors (Lipinski definition) is 2. The Kier molecular flexibility index (Phi) is 2.84. The first-order valence-corrected chi connectivity index (χ1v) is 6.39. The van der Waals surface area contributed by atoms with E-state index in [-0.39, 0.29) is 11.9 Å². The number of rotatable bonds is 2. The molecule has 0 fully saturated rings. The summed E-state index contributed by atoms with van der Waals surface area (Å²) in [5, 5.41) is 2.92. The van der Waals surface area contributed by atoms with E-state index in [4.69, 9.17) is 5.73 Å². The molecule has 0 saturated heterocycles. The summed E-state index contributed by atoms with van der Waals surface area (Å²) in [5.41, 5.74) is 11.5. The summed E-state index contributed by atoms with van der Waals surface area (Å²) in [7, 11) is 0. The average molecular weight is 252 g/mol. The van der Waals surface area contributed by atoms with Gasteiger partial charge >= 0.3 is 0 Å². The third kappa shape index (κ3) is 2.13. The van der Waals surface area contributed by atoms with Crippen LogP contribution in [-0.2, 0) is 11.2 Å². The number of nitrogens with two attached hydrogens (primary N) is 1. The number of nitrogens with one attached hydrogen (secondary N) is 1. The maximum atomic E-state index is 11.6. The van der Waals surface area contributed by atoms with Crippen LogP contribution in [0.5, 0.6) is 0 Å². The van der Waals surface area contributed by atoms with E-state index in [2.05, 4.69) is 17.4 Å². The molecular formula is C16H16N2O. The van der Waals surface area contributed by atoms with Crippen LogP contribution in [0.2, 0.25) is 0 Å². The fraction of sp³-hybridized carbons (Fsp3) is 0.188. The van der Waals surface area contributed by atoms with Crippen LogP contribution in [0.25, 0.3) is 0 Å². The standard InChI is InChI=1S/C16H16N2O/c1-10-7-12-9-14(19)18-16(12)13(8-10)15(17)11-5-3-2-4-6-11/h2-8,15H,9,17H2,1H3,(H,18,19).